The Kier molecular flexibility index (Phi) is 12.0. The monoisotopic (exact) mass is 614 g/mol. The molecule has 2 aromatic carbocycles. The molecule has 2 amide bonds. The van der Waals surface area contributed by atoms with Gasteiger partial charge in [-0.25, -0.2) is 9.97 Å². The molecular formula is C35H50N8O2. The van der Waals surface area contributed by atoms with Gasteiger partial charge in [0.1, 0.15) is 11.0 Å². The number of benzene rings is 2. The molecule has 10 heteroatoms. The third-order valence-corrected chi connectivity index (χ3v) is 9.12. The van der Waals surface area contributed by atoms with E-state index in [9.17, 15) is 9.59 Å². The van der Waals surface area contributed by atoms with Crippen molar-refractivity contribution in [2.45, 2.75) is 109 Å². The zero-order chi connectivity index (χ0) is 31.4. The van der Waals surface area contributed by atoms with Gasteiger partial charge in [0.2, 0.25) is 0 Å². The van der Waals surface area contributed by atoms with Crippen molar-refractivity contribution >= 4 is 33.9 Å². The second kappa shape index (κ2) is 16.5. The van der Waals surface area contributed by atoms with E-state index in [2.05, 4.69) is 55.1 Å². The Hall–Kier alpha value is -3.76. The van der Waals surface area contributed by atoms with Gasteiger partial charge in [0.25, 0.3) is 11.8 Å². The van der Waals surface area contributed by atoms with Gasteiger partial charge in [0, 0.05) is 24.2 Å². The molecule has 2 atom stereocenters. The fraction of sp³-hybridized carbons (Fsp3) is 0.543. The molecule has 2 heterocycles. The van der Waals surface area contributed by atoms with Crippen LogP contribution in [0.2, 0.25) is 0 Å². The predicted octanol–water partition coefficient (Wildman–Crippen LogP) is 5.60. The number of aromatic amines is 2. The Morgan fingerprint density at radius 2 is 1.11 bits per heavy atom. The molecule has 2 aliphatic rings. The number of carbonyl (C=O) groups excluding carboxylic acids is 2. The smallest absolute Gasteiger partial charge is 0.253 e. The molecule has 0 bridgehead atoms. The number of aromatic nitrogens is 4. The predicted molar refractivity (Wildman–Crippen MR) is 180 cm³/mol. The summed E-state index contributed by atoms with van der Waals surface area (Å²) in [6.07, 6.45) is 17.1. The zero-order valence-electron chi connectivity index (χ0n) is 26.8. The fourth-order valence-corrected chi connectivity index (χ4v) is 6.49. The second-order valence-corrected chi connectivity index (χ2v) is 12.8. The minimum atomic E-state index is -0.0499. The van der Waals surface area contributed by atoms with E-state index in [4.69, 9.17) is 0 Å². The van der Waals surface area contributed by atoms with Crippen LogP contribution in [0.5, 0.6) is 0 Å². The van der Waals surface area contributed by atoms with Crippen LogP contribution in [0.25, 0.3) is 22.1 Å². The molecule has 4 aromatic rings. The number of carbonyl (C=O) groups is 2. The van der Waals surface area contributed by atoms with Crippen molar-refractivity contribution in [3.05, 3.63) is 60.2 Å². The molecule has 2 fully saturated rings. The highest BCUT2D eigenvalue weighted by Crippen LogP contribution is 2.19. The van der Waals surface area contributed by atoms with Gasteiger partial charge in [-0.15, -0.1) is 0 Å². The first-order valence-electron chi connectivity index (χ1n) is 16.9. The van der Waals surface area contributed by atoms with Gasteiger partial charge in [-0.3, -0.25) is 9.59 Å². The molecule has 6 rings (SSSR count). The normalized spacial score (nSPS) is 17.1. The number of H-pyrrole nitrogens is 2. The van der Waals surface area contributed by atoms with Crippen LogP contribution in [-0.4, -0.2) is 69.0 Å². The molecule has 242 valence electrons. The van der Waals surface area contributed by atoms with E-state index in [1.165, 1.54) is 57.8 Å². The number of rotatable bonds is 12. The molecule has 0 radical (unpaired) electrons. The molecule has 0 spiro atoms. The average Bonchev–Trinajstić information content (AvgIpc) is 3.84. The molecule has 6 N–H and O–H groups in total. The maximum Gasteiger partial charge on any atom is 0.253 e. The highest BCUT2D eigenvalue weighted by atomic mass is 16.2. The lowest BCUT2D eigenvalue weighted by atomic mass is 9.95. The number of hydrogen-bond donors (Lipinski definition) is 6. The summed E-state index contributed by atoms with van der Waals surface area (Å²) in [5.41, 5.74) is 4.52. The summed E-state index contributed by atoms with van der Waals surface area (Å²) >= 11 is 0. The first-order valence-corrected chi connectivity index (χ1v) is 16.9. The van der Waals surface area contributed by atoms with Crippen LogP contribution < -0.4 is 21.3 Å². The quantitative estimate of drug-likeness (QED) is 0.123. The van der Waals surface area contributed by atoms with Crippen molar-refractivity contribution in [3.8, 4) is 0 Å². The number of hydrogen-bond acceptors (Lipinski definition) is 6. The van der Waals surface area contributed by atoms with Crippen LogP contribution in [0.4, 0.5) is 0 Å². The van der Waals surface area contributed by atoms with Crippen LogP contribution in [0.1, 0.15) is 105 Å². The van der Waals surface area contributed by atoms with Crippen LogP contribution in [0.3, 0.4) is 0 Å². The molecular weight excluding hydrogens is 564 g/mol. The van der Waals surface area contributed by atoms with Crippen LogP contribution in [0, 0.1) is 0 Å². The number of nitrogens with one attached hydrogen (secondary N) is 6. The molecule has 2 saturated carbocycles. The Morgan fingerprint density at radius 1 is 0.689 bits per heavy atom. The van der Waals surface area contributed by atoms with Crippen LogP contribution >= 0.6 is 0 Å². The lowest BCUT2D eigenvalue weighted by Gasteiger charge is -2.23. The number of imidazole rings is 2. The third kappa shape index (κ3) is 9.37. The van der Waals surface area contributed by atoms with E-state index >= 15 is 0 Å². The summed E-state index contributed by atoms with van der Waals surface area (Å²) < 4.78 is 0. The van der Waals surface area contributed by atoms with Gasteiger partial charge in [0.05, 0.1) is 34.8 Å². The number of para-hydroxylation sites is 2. The Balaban J connectivity index is 0.000000178. The summed E-state index contributed by atoms with van der Waals surface area (Å²) in [7, 11) is 0. The Bertz CT molecular complexity index is 1500. The average molecular weight is 615 g/mol. The highest BCUT2D eigenvalue weighted by molar-refractivity contribution is 6.05. The summed E-state index contributed by atoms with van der Waals surface area (Å²) in [6.45, 7) is 6.03. The van der Waals surface area contributed by atoms with Crippen LogP contribution in [0.15, 0.2) is 49.1 Å². The molecule has 10 nitrogen and oxygen atoms in total. The van der Waals surface area contributed by atoms with Gasteiger partial charge in [-0.1, -0.05) is 44.2 Å². The molecule has 2 aromatic heterocycles. The topological polar surface area (TPSA) is 140 Å². The van der Waals surface area contributed by atoms with E-state index < -0.39 is 0 Å². The Labute approximate surface area is 266 Å². The lowest BCUT2D eigenvalue weighted by Crippen LogP contribution is -2.38. The summed E-state index contributed by atoms with van der Waals surface area (Å²) in [5, 5.41) is 13.4. The van der Waals surface area contributed by atoms with Gasteiger partial charge >= 0.3 is 0 Å². The standard InChI is InChI=1S/C18H26N4O.C17H24N4O/c1-13(10-11-19-14-6-3-2-4-7-14)22-18(23)15-8-5-9-16-17(15)21-12-20-16;1-12(9-10-18-13-5-2-3-6-13)21-17(22)14-7-4-8-15-16(14)20-11-19-15/h5,8-9,12-14,19H,2-4,6-7,10-11H2,1H3,(H,20,21)(H,22,23);4,7-8,11-13,18H,2-3,5-6,9-10H2,1H3,(H,19,20)(H,21,22). The second-order valence-electron chi connectivity index (χ2n) is 12.8. The van der Waals surface area contributed by atoms with Crippen molar-refractivity contribution < 1.29 is 9.59 Å². The number of nitrogens with zero attached hydrogens (tertiary/aromatic N) is 2. The van der Waals surface area contributed by atoms with E-state index in [1.807, 2.05) is 36.4 Å². The first kappa shape index (κ1) is 32.6. The van der Waals surface area contributed by atoms with E-state index in [0.29, 0.717) is 23.2 Å². The van der Waals surface area contributed by atoms with Gasteiger partial charge in [0.15, 0.2) is 0 Å². The molecule has 2 aliphatic carbocycles. The first-order chi connectivity index (χ1) is 22.0. The fourth-order valence-electron chi connectivity index (χ4n) is 6.49. The molecule has 0 aliphatic heterocycles. The van der Waals surface area contributed by atoms with E-state index in [-0.39, 0.29) is 23.9 Å². The Morgan fingerprint density at radius 3 is 1.56 bits per heavy atom. The van der Waals surface area contributed by atoms with Gasteiger partial charge in [-0.05, 0) is 89.7 Å². The van der Waals surface area contributed by atoms with Crippen LogP contribution in [-0.2, 0) is 0 Å². The maximum absolute atomic E-state index is 12.4. The number of fused-ring (bicyclic) bond motifs is 2. The summed E-state index contributed by atoms with van der Waals surface area (Å²) in [6, 6.07) is 12.9. The van der Waals surface area contributed by atoms with Gasteiger partial charge < -0.3 is 31.2 Å². The zero-order valence-corrected chi connectivity index (χ0v) is 26.8. The van der Waals surface area contributed by atoms with Crippen molar-refractivity contribution in [3.63, 3.8) is 0 Å². The van der Waals surface area contributed by atoms with E-state index in [0.717, 1.165) is 48.0 Å². The number of amides is 2. The maximum atomic E-state index is 12.4. The van der Waals surface area contributed by atoms with Crippen molar-refractivity contribution in [1.29, 1.82) is 0 Å². The molecule has 45 heavy (non-hydrogen) atoms. The van der Waals surface area contributed by atoms with Crippen molar-refractivity contribution in [1.82, 2.24) is 41.2 Å². The minimum Gasteiger partial charge on any atom is -0.349 e. The summed E-state index contributed by atoms with van der Waals surface area (Å²) in [4.78, 5) is 39.4. The largest absolute Gasteiger partial charge is 0.349 e. The third-order valence-electron chi connectivity index (χ3n) is 9.12. The van der Waals surface area contributed by atoms with Gasteiger partial charge in [-0.2, -0.15) is 0 Å². The van der Waals surface area contributed by atoms with Crippen molar-refractivity contribution in [2.75, 3.05) is 13.1 Å². The summed E-state index contributed by atoms with van der Waals surface area (Å²) in [5.74, 6) is -0.0982. The molecule has 0 saturated heterocycles. The highest BCUT2D eigenvalue weighted by Gasteiger charge is 2.18. The van der Waals surface area contributed by atoms with Crippen molar-refractivity contribution in [2.24, 2.45) is 0 Å². The molecule has 2 unspecified atom stereocenters. The lowest BCUT2D eigenvalue weighted by molar-refractivity contribution is 0.0931. The SMILES string of the molecule is CC(CCNC1CCCC1)NC(=O)c1cccc2[nH]cnc12.CC(CCNC1CCCCC1)NC(=O)c1cccc2[nH]cnc12. The minimum absolute atomic E-state index is 0.0483. The van der Waals surface area contributed by atoms with E-state index in [1.54, 1.807) is 12.7 Å².